The first-order chi connectivity index (χ1) is 17.2. The van der Waals surface area contributed by atoms with E-state index in [0.29, 0.717) is 29.4 Å². The van der Waals surface area contributed by atoms with Gasteiger partial charge in [-0.05, 0) is 83.6 Å². The zero-order valence-electron chi connectivity index (χ0n) is 26.0. The Morgan fingerprint density at radius 3 is 1.18 bits per heavy atom. The molecule has 2 aromatic rings. The Kier molecular flexibility index (Phi) is 17.7. The van der Waals surface area contributed by atoms with Crippen LogP contribution in [0.5, 0.6) is 5.75 Å². The molecular weight excluding hydrogens is 547 g/mol. The first-order valence-electron chi connectivity index (χ1n) is 13.6. The second-order valence-electron chi connectivity index (χ2n) is 11.7. The molecule has 0 aromatic heterocycles. The topological polar surface area (TPSA) is 26.7 Å². The van der Waals surface area contributed by atoms with Crippen LogP contribution in [0.15, 0.2) is 24.3 Å². The molecule has 0 saturated carbocycles. The third kappa shape index (κ3) is 11.5. The number of benzene rings is 2. The number of hydrogen-bond acceptors (Lipinski definition) is 3. The molecule has 1 N–H and O–H groups in total. The molecule has 3 nitrogen and oxygen atoms in total. The van der Waals surface area contributed by atoms with Gasteiger partial charge in [0.2, 0.25) is 0 Å². The van der Waals surface area contributed by atoms with E-state index in [2.05, 4.69) is 110 Å². The van der Waals surface area contributed by atoms with Crippen LogP contribution in [0.25, 0.3) is 0 Å². The fourth-order valence-corrected chi connectivity index (χ4v) is 4.95. The van der Waals surface area contributed by atoms with Crippen LogP contribution in [-0.2, 0) is 30.1 Å². The fraction of sp³-hybridized carbons (Fsp3) is 0.594. The molecule has 0 atom stereocenters. The van der Waals surface area contributed by atoms with Crippen LogP contribution >= 0.6 is 18.6 Å². The van der Waals surface area contributed by atoms with Crippen LogP contribution in [0.4, 0.5) is 0 Å². The molecule has 0 aliphatic carbocycles. The van der Waals surface area contributed by atoms with Crippen molar-refractivity contribution in [3.05, 3.63) is 70.6 Å². The van der Waals surface area contributed by atoms with Gasteiger partial charge in [0.05, 0.1) is 0 Å². The Morgan fingerprint density at radius 1 is 0.658 bits per heavy atom. The SMILES string of the molecule is Cc1c(C(C)C)cc(CN(C)CCN(C)Cc2cc(C(C)C)c(O)c(C(C)C)c2)cc1C(C)C.[CH3-].[Cl][Ti][Cl]. The maximum atomic E-state index is 10.7. The van der Waals surface area contributed by atoms with E-state index in [1.807, 2.05) is 0 Å². The summed E-state index contributed by atoms with van der Waals surface area (Å²) < 4.78 is 0. The summed E-state index contributed by atoms with van der Waals surface area (Å²) in [6.07, 6.45) is 0. The van der Waals surface area contributed by atoms with Gasteiger partial charge in [-0.1, -0.05) is 79.7 Å². The predicted molar refractivity (Wildman–Crippen MR) is 166 cm³/mol. The third-order valence-corrected chi connectivity index (χ3v) is 7.03. The van der Waals surface area contributed by atoms with E-state index in [0.717, 1.165) is 37.3 Å². The number of hydrogen-bond donors (Lipinski definition) is 1. The van der Waals surface area contributed by atoms with Gasteiger partial charge < -0.3 is 22.3 Å². The molecule has 0 unspecified atom stereocenters. The average molecular weight is 601 g/mol. The van der Waals surface area contributed by atoms with Crippen molar-refractivity contribution in [2.75, 3.05) is 27.2 Å². The van der Waals surface area contributed by atoms with Crippen molar-refractivity contribution in [3.63, 3.8) is 0 Å². The molecule has 0 amide bonds. The summed E-state index contributed by atoms with van der Waals surface area (Å²) in [7, 11) is 14.2. The van der Waals surface area contributed by atoms with E-state index in [1.54, 1.807) is 0 Å². The molecule has 38 heavy (non-hydrogen) atoms. The Balaban J connectivity index is 0.00000326. The van der Waals surface area contributed by atoms with Gasteiger partial charge in [0.25, 0.3) is 0 Å². The zero-order chi connectivity index (χ0) is 28.4. The van der Waals surface area contributed by atoms with Gasteiger partial charge in [0, 0.05) is 26.2 Å². The first kappa shape index (κ1) is 37.5. The Morgan fingerprint density at radius 2 is 0.921 bits per heavy atom. The summed E-state index contributed by atoms with van der Waals surface area (Å²) in [5.74, 6) is 2.21. The number of phenolic OH excluding ortho intramolecular Hbond substituents is 1. The fourth-order valence-electron chi connectivity index (χ4n) is 4.95. The van der Waals surface area contributed by atoms with E-state index in [1.165, 1.54) is 27.8 Å². The van der Waals surface area contributed by atoms with E-state index in [9.17, 15) is 5.11 Å². The molecule has 0 saturated heterocycles. The van der Waals surface area contributed by atoms with E-state index in [4.69, 9.17) is 18.6 Å². The van der Waals surface area contributed by atoms with Crippen molar-refractivity contribution >= 4 is 18.6 Å². The van der Waals surface area contributed by atoms with E-state index < -0.39 is 17.0 Å². The van der Waals surface area contributed by atoms with E-state index in [-0.39, 0.29) is 7.43 Å². The summed E-state index contributed by atoms with van der Waals surface area (Å²) in [4.78, 5) is 4.83. The molecule has 2 rings (SSSR count). The second kappa shape index (κ2) is 18.0. The van der Waals surface area contributed by atoms with Crippen LogP contribution in [0.2, 0.25) is 0 Å². The summed E-state index contributed by atoms with van der Waals surface area (Å²) in [6, 6.07) is 9.23. The molecule has 0 aliphatic heterocycles. The van der Waals surface area contributed by atoms with Crippen molar-refractivity contribution in [1.29, 1.82) is 0 Å². The third-order valence-electron chi connectivity index (χ3n) is 7.03. The van der Waals surface area contributed by atoms with Gasteiger partial charge in [-0.3, -0.25) is 0 Å². The van der Waals surface area contributed by atoms with Crippen molar-refractivity contribution in [2.45, 2.75) is 99.1 Å². The van der Waals surface area contributed by atoms with Crippen LogP contribution in [0.3, 0.4) is 0 Å². The monoisotopic (exact) mass is 599 g/mol. The van der Waals surface area contributed by atoms with Crippen molar-refractivity contribution in [2.24, 2.45) is 0 Å². The van der Waals surface area contributed by atoms with Crippen molar-refractivity contribution in [3.8, 4) is 5.75 Å². The number of phenols is 1. The maximum absolute atomic E-state index is 10.7. The molecule has 0 radical (unpaired) electrons. The summed E-state index contributed by atoms with van der Waals surface area (Å²) >= 11 is -0.556. The average Bonchev–Trinajstić information content (AvgIpc) is 2.79. The minimum atomic E-state index is -0.556. The quantitative estimate of drug-likeness (QED) is 0.206. The number of nitrogens with zero attached hydrogens (tertiary/aromatic N) is 2. The number of rotatable bonds is 11. The molecule has 0 aliphatic rings. The molecule has 216 valence electrons. The molecular formula is C32H53Cl2N2OTi-. The molecule has 0 spiro atoms. The van der Waals surface area contributed by atoms with Gasteiger partial charge in [-0.25, -0.2) is 0 Å². The van der Waals surface area contributed by atoms with Gasteiger partial charge in [-0.15, -0.1) is 0 Å². The van der Waals surface area contributed by atoms with Gasteiger partial charge in [-0.2, -0.15) is 0 Å². The predicted octanol–water partition coefficient (Wildman–Crippen LogP) is 9.58. The standard InChI is InChI=1S/C31H50N2O.CH3.2ClH.Ti/c1-20(2)27-14-25(15-28(21(3)4)24(27)9)18-32(10)12-13-33(11)19-26-16-29(22(5)6)31(34)30(17-26)23(7)8;;;;/h14-17,20-23,34H,12-13,18-19H2,1-11H3;1H3;2*1H;/q;-1;;;+2/p-2. The van der Waals surface area contributed by atoms with Gasteiger partial charge in [0.15, 0.2) is 0 Å². The number of halogens is 2. The van der Waals surface area contributed by atoms with Crippen molar-refractivity contribution < 1.29 is 22.1 Å². The van der Waals surface area contributed by atoms with Crippen LogP contribution in [0, 0.1) is 14.4 Å². The van der Waals surface area contributed by atoms with Crippen LogP contribution < -0.4 is 0 Å². The number of likely N-dealkylation sites (N-methyl/N-ethyl adjacent to an activating group) is 2. The second-order valence-corrected chi connectivity index (χ2v) is 14.3. The Bertz CT molecular complexity index is 840. The molecule has 2 aromatic carbocycles. The van der Waals surface area contributed by atoms with Gasteiger partial charge in [0.1, 0.15) is 5.75 Å². The number of aromatic hydroxyl groups is 1. The molecule has 6 heteroatoms. The van der Waals surface area contributed by atoms with Gasteiger partial charge >= 0.3 is 35.6 Å². The first-order valence-corrected chi connectivity index (χ1v) is 17.8. The molecule has 0 bridgehead atoms. The van der Waals surface area contributed by atoms with E-state index >= 15 is 0 Å². The molecule has 0 fully saturated rings. The normalized spacial score (nSPS) is 11.4. The summed E-state index contributed by atoms with van der Waals surface area (Å²) in [5.41, 5.74) is 9.27. The van der Waals surface area contributed by atoms with Crippen LogP contribution in [0.1, 0.15) is 118 Å². The Labute approximate surface area is 252 Å². The zero-order valence-corrected chi connectivity index (χ0v) is 29.1. The Hall–Kier alpha value is -0.546. The van der Waals surface area contributed by atoms with Crippen LogP contribution in [-0.4, -0.2) is 42.1 Å². The minimum absolute atomic E-state index is 0. The summed E-state index contributed by atoms with van der Waals surface area (Å²) in [5, 5.41) is 10.7. The molecule has 0 heterocycles. The summed E-state index contributed by atoms with van der Waals surface area (Å²) in [6.45, 7) is 24.0. The van der Waals surface area contributed by atoms with Crippen molar-refractivity contribution in [1.82, 2.24) is 9.80 Å².